The van der Waals surface area contributed by atoms with Gasteiger partial charge in [-0.05, 0) is 17.7 Å². The first-order valence-corrected chi connectivity index (χ1v) is 6.93. The van der Waals surface area contributed by atoms with E-state index in [1.165, 1.54) is 5.56 Å². The van der Waals surface area contributed by atoms with Gasteiger partial charge in [0.05, 0.1) is 0 Å². The van der Waals surface area contributed by atoms with E-state index in [0.717, 1.165) is 18.7 Å². The summed E-state index contributed by atoms with van der Waals surface area (Å²) in [7, 11) is 0. The van der Waals surface area contributed by atoms with Gasteiger partial charge in [-0.3, -0.25) is 0 Å². The van der Waals surface area contributed by atoms with E-state index in [-0.39, 0.29) is 0 Å². The Bertz CT molecular complexity index is 520. The molecule has 0 aliphatic carbocycles. The Balaban J connectivity index is 1.84. The molecule has 1 aromatic carbocycles. The van der Waals surface area contributed by atoms with Gasteiger partial charge in [0.1, 0.15) is 5.75 Å². The van der Waals surface area contributed by atoms with Crippen LogP contribution >= 0.6 is 0 Å². The summed E-state index contributed by atoms with van der Waals surface area (Å²) in [6.45, 7) is 7.40. The SMILES string of the molecule is CCc1nnc(COc2ccc(CNC(C)C)cc2)o1. The van der Waals surface area contributed by atoms with E-state index >= 15 is 0 Å². The van der Waals surface area contributed by atoms with Crippen molar-refractivity contribution in [3.8, 4) is 5.75 Å². The van der Waals surface area contributed by atoms with Crippen LogP contribution in [0.25, 0.3) is 0 Å². The third-order valence-electron chi connectivity index (χ3n) is 2.81. The molecule has 0 atom stereocenters. The van der Waals surface area contributed by atoms with Crippen molar-refractivity contribution in [1.29, 1.82) is 0 Å². The molecule has 1 heterocycles. The van der Waals surface area contributed by atoms with Crippen molar-refractivity contribution in [2.45, 2.75) is 46.4 Å². The normalized spacial score (nSPS) is 11.0. The number of rotatable bonds is 7. The van der Waals surface area contributed by atoms with Crippen molar-refractivity contribution < 1.29 is 9.15 Å². The summed E-state index contributed by atoms with van der Waals surface area (Å²) in [6.07, 6.45) is 0.741. The second-order valence-corrected chi connectivity index (χ2v) is 4.91. The molecule has 2 aromatic rings. The van der Waals surface area contributed by atoms with Crippen LogP contribution in [0.5, 0.6) is 5.75 Å². The molecule has 108 valence electrons. The number of ether oxygens (including phenoxy) is 1. The maximum atomic E-state index is 5.61. The second-order valence-electron chi connectivity index (χ2n) is 4.91. The zero-order valence-electron chi connectivity index (χ0n) is 12.2. The Labute approximate surface area is 119 Å². The van der Waals surface area contributed by atoms with E-state index in [4.69, 9.17) is 9.15 Å². The molecule has 1 aromatic heterocycles. The summed E-state index contributed by atoms with van der Waals surface area (Å²) in [5, 5.41) is 11.2. The lowest BCUT2D eigenvalue weighted by atomic mass is 10.2. The summed E-state index contributed by atoms with van der Waals surface area (Å²) < 4.78 is 11.0. The fraction of sp³-hybridized carbons (Fsp3) is 0.467. The Hall–Kier alpha value is -1.88. The maximum absolute atomic E-state index is 5.61. The smallest absolute Gasteiger partial charge is 0.253 e. The zero-order valence-corrected chi connectivity index (χ0v) is 12.2. The van der Waals surface area contributed by atoms with Crippen molar-refractivity contribution in [2.75, 3.05) is 0 Å². The summed E-state index contributed by atoms with van der Waals surface area (Å²) >= 11 is 0. The zero-order chi connectivity index (χ0) is 14.4. The highest BCUT2D eigenvalue weighted by Crippen LogP contribution is 2.14. The number of benzene rings is 1. The molecule has 0 amide bonds. The molecule has 5 nitrogen and oxygen atoms in total. The molecule has 0 bridgehead atoms. The Kier molecular flexibility index (Phi) is 5.12. The number of hydrogen-bond acceptors (Lipinski definition) is 5. The highest BCUT2D eigenvalue weighted by Gasteiger charge is 2.05. The molecule has 0 radical (unpaired) electrons. The Morgan fingerprint density at radius 2 is 1.85 bits per heavy atom. The van der Waals surface area contributed by atoms with Crippen LogP contribution in [0.3, 0.4) is 0 Å². The van der Waals surface area contributed by atoms with E-state index in [2.05, 4.69) is 41.5 Å². The van der Waals surface area contributed by atoms with Crippen LogP contribution in [0.4, 0.5) is 0 Å². The summed E-state index contributed by atoms with van der Waals surface area (Å²) in [4.78, 5) is 0. The number of nitrogens with one attached hydrogen (secondary N) is 1. The van der Waals surface area contributed by atoms with E-state index in [1.807, 2.05) is 19.1 Å². The average molecular weight is 275 g/mol. The molecule has 0 aliphatic rings. The topological polar surface area (TPSA) is 60.2 Å². The lowest BCUT2D eigenvalue weighted by Crippen LogP contribution is -2.21. The van der Waals surface area contributed by atoms with Crippen molar-refractivity contribution in [3.05, 3.63) is 41.6 Å². The minimum Gasteiger partial charge on any atom is -0.484 e. The monoisotopic (exact) mass is 275 g/mol. The lowest BCUT2D eigenvalue weighted by Gasteiger charge is -2.09. The Morgan fingerprint density at radius 3 is 2.45 bits per heavy atom. The molecule has 1 N–H and O–H groups in total. The van der Waals surface area contributed by atoms with Gasteiger partial charge in [0, 0.05) is 19.0 Å². The average Bonchev–Trinajstić information content (AvgIpc) is 2.92. The van der Waals surface area contributed by atoms with Gasteiger partial charge in [-0.1, -0.05) is 32.9 Å². The third-order valence-corrected chi connectivity index (χ3v) is 2.81. The summed E-state index contributed by atoms with van der Waals surface area (Å²) in [5.41, 5.74) is 1.23. The minimum absolute atomic E-state index is 0.302. The first-order valence-electron chi connectivity index (χ1n) is 6.93. The maximum Gasteiger partial charge on any atom is 0.253 e. The highest BCUT2D eigenvalue weighted by molar-refractivity contribution is 5.27. The number of nitrogens with zero attached hydrogens (tertiary/aromatic N) is 2. The molecule has 0 spiro atoms. The van der Waals surface area contributed by atoms with E-state index in [0.29, 0.717) is 24.4 Å². The van der Waals surface area contributed by atoms with Gasteiger partial charge >= 0.3 is 0 Å². The van der Waals surface area contributed by atoms with Crippen LogP contribution in [-0.4, -0.2) is 16.2 Å². The molecule has 0 aliphatic heterocycles. The largest absolute Gasteiger partial charge is 0.484 e. The quantitative estimate of drug-likeness (QED) is 0.842. The first kappa shape index (κ1) is 14.5. The number of hydrogen-bond donors (Lipinski definition) is 1. The van der Waals surface area contributed by atoms with Crippen LogP contribution in [0, 0.1) is 0 Å². The lowest BCUT2D eigenvalue weighted by molar-refractivity contribution is 0.259. The van der Waals surface area contributed by atoms with Gasteiger partial charge < -0.3 is 14.5 Å². The predicted octanol–water partition coefficient (Wildman–Crippen LogP) is 2.71. The fourth-order valence-corrected chi connectivity index (χ4v) is 1.66. The first-order chi connectivity index (χ1) is 9.67. The van der Waals surface area contributed by atoms with Crippen molar-refractivity contribution in [1.82, 2.24) is 15.5 Å². The third kappa shape index (κ3) is 4.35. The molecule has 20 heavy (non-hydrogen) atoms. The van der Waals surface area contributed by atoms with Crippen LogP contribution in [0.15, 0.2) is 28.7 Å². The molecule has 0 saturated heterocycles. The van der Waals surface area contributed by atoms with Crippen LogP contribution in [-0.2, 0) is 19.6 Å². The van der Waals surface area contributed by atoms with Gasteiger partial charge in [0.15, 0.2) is 6.61 Å². The number of aryl methyl sites for hydroxylation is 1. The van der Waals surface area contributed by atoms with Crippen LogP contribution in [0.1, 0.15) is 38.1 Å². The van der Waals surface area contributed by atoms with E-state index in [1.54, 1.807) is 0 Å². The van der Waals surface area contributed by atoms with E-state index in [9.17, 15) is 0 Å². The summed E-state index contributed by atoms with van der Waals surface area (Å²) in [6, 6.07) is 8.49. The van der Waals surface area contributed by atoms with Crippen molar-refractivity contribution in [3.63, 3.8) is 0 Å². The van der Waals surface area contributed by atoms with Gasteiger partial charge in [-0.2, -0.15) is 0 Å². The van der Waals surface area contributed by atoms with Crippen molar-refractivity contribution >= 4 is 0 Å². The van der Waals surface area contributed by atoms with Crippen LogP contribution in [0.2, 0.25) is 0 Å². The van der Waals surface area contributed by atoms with Crippen LogP contribution < -0.4 is 10.1 Å². The highest BCUT2D eigenvalue weighted by atomic mass is 16.5. The predicted molar refractivity (Wildman–Crippen MR) is 76.4 cm³/mol. The standard InChI is InChI=1S/C15H21N3O2/c1-4-14-17-18-15(20-14)10-19-13-7-5-12(6-8-13)9-16-11(2)3/h5-8,11,16H,4,9-10H2,1-3H3. The van der Waals surface area contributed by atoms with E-state index < -0.39 is 0 Å². The molecule has 5 heteroatoms. The minimum atomic E-state index is 0.302. The van der Waals surface area contributed by atoms with Gasteiger partial charge in [-0.25, -0.2) is 0 Å². The Morgan fingerprint density at radius 1 is 1.15 bits per heavy atom. The fourth-order valence-electron chi connectivity index (χ4n) is 1.66. The summed E-state index contributed by atoms with van der Waals surface area (Å²) in [5.74, 6) is 1.95. The molecule has 0 unspecified atom stereocenters. The van der Waals surface area contributed by atoms with Gasteiger partial charge in [-0.15, -0.1) is 10.2 Å². The van der Waals surface area contributed by atoms with Gasteiger partial charge in [0.2, 0.25) is 5.89 Å². The van der Waals surface area contributed by atoms with Gasteiger partial charge in [0.25, 0.3) is 5.89 Å². The molecular formula is C15H21N3O2. The number of aromatic nitrogens is 2. The molecule has 0 saturated carbocycles. The second kappa shape index (κ2) is 7.05. The molecular weight excluding hydrogens is 254 g/mol. The molecule has 0 fully saturated rings. The van der Waals surface area contributed by atoms with Crippen molar-refractivity contribution in [2.24, 2.45) is 0 Å². The molecule has 2 rings (SSSR count).